The van der Waals surface area contributed by atoms with Crippen LogP contribution in [0.2, 0.25) is 0 Å². The molecule has 0 bridgehead atoms. The molecular formula is C8H12F2N2O3S. The molecule has 0 aliphatic heterocycles. The van der Waals surface area contributed by atoms with E-state index in [9.17, 15) is 17.2 Å². The highest BCUT2D eigenvalue weighted by Gasteiger charge is 2.19. The number of furan rings is 1. The molecule has 0 amide bonds. The smallest absolute Gasteiger partial charge is 0.274 e. The Labute approximate surface area is 91.9 Å². The molecule has 0 unspecified atom stereocenters. The number of sulfonamides is 1. The normalized spacial score (nSPS) is 12.2. The molecule has 1 aromatic heterocycles. The maximum atomic E-state index is 11.8. The van der Waals surface area contributed by atoms with Gasteiger partial charge in [-0.25, -0.2) is 21.9 Å². The molecule has 0 fully saturated rings. The van der Waals surface area contributed by atoms with Crippen molar-refractivity contribution < 1.29 is 21.6 Å². The van der Waals surface area contributed by atoms with E-state index >= 15 is 0 Å². The van der Waals surface area contributed by atoms with E-state index in [1.807, 2.05) is 0 Å². The molecule has 0 aromatic carbocycles. The topological polar surface area (TPSA) is 71.3 Å². The van der Waals surface area contributed by atoms with Crippen molar-refractivity contribution in [3.8, 4) is 0 Å². The maximum Gasteiger partial charge on any atom is 0.274 e. The minimum Gasteiger partial charge on any atom is -0.447 e. The molecular weight excluding hydrogens is 242 g/mol. The Hall–Kier alpha value is -0.990. The maximum absolute atomic E-state index is 11.8. The monoisotopic (exact) mass is 254 g/mol. The summed E-state index contributed by atoms with van der Waals surface area (Å²) in [7, 11) is -2.30. The zero-order valence-electron chi connectivity index (χ0n) is 8.54. The van der Waals surface area contributed by atoms with Gasteiger partial charge in [0.25, 0.3) is 16.4 Å². The first-order valence-electron chi connectivity index (χ1n) is 4.47. The average Bonchev–Trinajstić information content (AvgIpc) is 2.65. The number of rotatable bonds is 6. The van der Waals surface area contributed by atoms with E-state index in [0.29, 0.717) is 12.3 Å². The zero-order valence-corrected chi connectivity index (χ0v) is 9.35. The first kappa shape index (κ1) is 13.1. The molecule has 0 saturated heterocycles. The minimum absolute atomic E-state index is 0.363. The standard InChI is InChI=1S/C8H12F2N2O3S/c1-11-4-6-2-3-8(15-6)16(13,14)12-5-7(9)10/h2-3,7,11-12H,4-5H2,1H3. The summed E-state index contributed by atoms with van der Waals surface area (Å²) in [5.74, 6) is 0.417. The quantitative estimate of drug-likeness (QED) is 0.777. The van der Waals surface area contributed by atoms with Gasteiger partial charge >= 0.3 is 0 Å². The summed E-state index contributed by atoms with van der Waals surface area (Å²) in [6, 6.07) is 2.69. The van der Waals surface area contributed by atoms with Crippen molar-refractivity contribution in [2.75, 3.05) is 13.6 Å². The van der Waals surface area contributed by atoms with Crippen molar-refractivity contribution in [3.63, 3.8) is 0 Å². The lowest BCUT2D eigenvalue weighted by Crippen LogP contribution is -2.28. The van der Waals surface area contributed by atoms with E-state index in [1.54, 1.807) is 11.8 Å². The molecule has 0 spiro atoms. The molecule has 1 heterocycles. The molecule has 2 N–H and O–H groups in total. The van der Waals surface area contributed by atoms with E-state index in [0.717, 1.165) is 0 Å². The van der Waals surface area contributed by atoms with Crippen LogP contribution in [-0.2, 0) is 16.6 Å². The van der Waals surface area contributed by atoms with Gasteiger partial charge in [-0.15, -0.1) is 0 Å². The molecule has 0 saturated carbocycles. The van der Waals surface area contributed by atoms with E-state index in [-0.39, 0.29) is 5.09 Å². The molecule has 8 heteroatoms. The van der Waals surface area contributed by atoms with Crippen LogP contribution in [-0.4, -0.2) is 28.4 Å². The molecule has 1 rings (SSSR count). The van der Waals surface area contributed by atoms with Crippen LogP contribution < -0.4 is 10.0 Å². The minimum atomic E-state index is -3.98. The molecule has 16 heavy (non-hydrogen) atoms. The third kappa shape index (κ3) is 3.54. The number of hydrogen-bond donors (Lipinski definition) is 2. The largest absolute Gasteiger partial charge is 0.447 e. The lowest BCUT2D eigenvalue weighted by atomic mass is 10.4. The third-order valence-corrected chi connectivity index (χ3v) is 2.98. The lowest BCUT2D eigenvalue weighted by molar-refractivity contribution is 0.153. The van der Waals surface area contributed by atoms with Gasteiger partial charge in [0.15, 0.2) is 0 Å². The summed E-state index contributed by atoms with van der Waals surface area (Å²) in [5, 5.41) is 2.41. The number of nitrogens with one attached hydrogen (secondary N) is 2. The Bertz CT molecular complexity index is 430. The second-order valence-electron chi connectivity index (χ2n) is 2.99. The van der Waals surface area contributed by atoms with Gasteiger partial charge in [-0.05, 0) is 19.2 Å². The molecule has 92 valence electrons. The van der Waals surface area contributed by atoms with E-state index < -0.39 is 23.0 Å². The Kier molecular flexibility index (Phi) is 4.39. The molecule has 0 radical (unpaired) electrons. The van der Waals surface area contributed by atoms with Crippen LogP contribution in [0.1, 0.15) is 5.76 Å². The predicted molar refractivity (Wildman–Crippen MR) is 52.7 cm³/mol. The summed E-state index contributed by atoms with van der Waals surface area (Å²) in [5.41, 5.74) is 0. The van der Waals surface area contributed by atoms with Crippen molar-refractivity contribution in [2.24, 2.45) is 0 Å². The van der Waals surface area contributed by atoms with Gasteiger partial charge in [0.05, 0.1) is 13.1 Å². The number of alkyl halides is 2. The molecule has 1 aromatic rings. The summed E-state index contributed by atoms with van der Waals surface area (Å²) >= 11 is 0. The van der Waals surface area contributed by atoms with Crippen molar-refractivity contribution in [3.05, 3.63) is 17.9 Å². The van der Waals surface area contributed by atoms with Gasteiger partial charge in [0.2, 0.25) is 5.09 Å². The summed E-state index contributed by atoms with van der Waals surface area (Å²) in [6.07, 6.45) is -2.73. The van der Waals surface area contributed by atoms with E-state index in [1.165, 1.54) is 12.1 Å². The van der Waals surface area contributed by atoms with Crippen molar-refractivity contribution in [1.82, 2.24) is 10.0 Å². The van der Waals surface area contributed by atoms with Crippen molar-refractivity contribution >= 4 is 10.0 Å². The van der Waals surface area contributed by atoms with Crippen LogP contribution in [0.5, 0.6) is 0 Å². The predicted octanol–water partition coefficient (Wildman–Crippen LogP) is 0.542. The second-order valence-corrected chi connectivity index (χ2v) is 4.69. The highest BCUT2D eigenvalue weighted by molar-refractivity contribution is 7.89. The SMILES string of the molecule is CNCc1ccc(S(=O)(=O)NCC(F)F)o1. The highest BCUT2D eigenvalue weighted by atomic mass is 32.2. The molecule has 0 aliphatic carbocycles. The van der Waals surface area contributed by atoms with Crippen molar-refractivity contribution in [1.29, 1.82) is 0 Å². The fourth-order valence-corrected chi connectivity index (χ4v) is 1.97. The van der Waals surface area contributed by atoms with Crippen LogP contribution in [0.3, 0.4) is 0 Å². The zero-order chi connectivity index (χ0) is 12.2. The Morgan fingerprint density at radius 3 is 2.69 bits per heavy atom. The highest BCUT2D eigenvalue weighted by Crippen LogP contribution is 2.13. The molecule has 0 atom stereocenters. The summed E-state index contributed by atoms with van der Waals surface area (Å²) < 4.78 is 53.2. The van der Waals surface area contributed by atoms with Crippen LogP contribution in [0.4, 0.5) is 8.78 Å². The van der Waals surface area contributed by atoms with Gasteiger partial charge in [-0.2, -0.15) is 0 Å². The fraction of sp³-hybridized carbons (Fsp3) is 0.500. The van der Waals surface area contributed by atoms with Gasteiger partial charge in [0, 0.05) is 0 Å². The molecule has 5 nitrogen and oxygen atoms in total. The summed E-state index contributed by atoms with van der Waals surface area (Å²) in [4.78, 5) is 0. The Balaban J connectivity index is 2.74. The average molecular weight is 254 g/mol. The van der Waals surface area contributed by atoms with Gasteiger partial charge < -0.3 is 9.73 Å². The van der Waals surface area contributed by atoms with E-state index in [4.69, 9.17) is 4.42 Å². The lowest BCUT2D eigenvalue weighted by Gasteiger charge is -2.02. The second kappa shape index (κ2) is 5.37. The van der Waals surface area contributed by atoms with Crippen molar-refractivity contribution in [2.45, 2.75) is 18.1 Å². The van der Waals surface area contributed by atoms with Crippen LogP contribution in [0.15, 0.2) is 21.6 Å². The Morgan fingerprint density at radius 1 is 1.44 bits per heavy atom. The van der Waals surface area contributed by atoms with Crippen LogP contribution >= 0.6 is 0 Å². The van der Waals surface area contributed by atoms with Gasteiger partial charge in [-0.3, -0.25) is 0 Å². The van der Waals surface area contributed by atoms with Crippen LogP contribution in [0.25, 0.3) is 0 Å². The van der Waals surface area contributed by atoms with E-state index in [2.05, 4.69) is 5.32 Å². The van der Waals surface area contributed by atoms with Crippen LogP contribution in [0, 0.1) is 0 Å². The number of halogens is 2. The first-order chi connectivity index (χ1) is 7.45. The fourth-order valence-electron chi connectivity index (χ4n) is 1.02. The Morgan fingerprint density at radius 2 is 2.12 bits per heavy atom. The first-order valence-corrected chi connectivity index (χ1v) is 5.95. The third-order valence-electron chi connectivity index (χ3n) is 1.68. The summed E-state index contributed by atoms with van der Waals surface area (Å²) in [6.45, 7) is -0.561. The van der Waals surface area contributed by atoms with Gasteiger partial charge in [-0.1, -0.05) is 0 Å². The van der Waals surface area contributed by atoms with Gasteiger partial charge in [0.1, 0.15) is 5.76 Å². The number of hydrogen-bond acceptors (Lipinski definition) is 4. The molecule has 0 aliphatic rings.